The molecule has 0 bridgehead atoms. The van der Waals surface area contributed by atoms with E-state index in [0.29, 0.717) is 12.1 Å². The van der Waals surface area contributed by atoms with E-state index in [9.17, 15) is 0 Å². The van der Waals surface area contributed by atoms with Gasteiger partial charge in [0.2, 0.25) is 0 Å². The average molecular weight is 205 g/mol. The van der Waals surface area contributed by atoms with Crippen LogP contribution in [0.1, 0.15) is 31.5 Å². The number of rotatable bonds is 3. The molecule has 15 heavy (non-hydrogen) atoms. The first-order valence-electron chi connectivity index (χ1n) is 5.74. The summed E-state index contributed by atoms with van der Waals surface area (Å²) in [6, 6.07) is 7.08. The molecule has 0 unspecified atom stereocenters. The second-order valence-electron chi connectivity index (χ2n) is 4.17. The van der Waals surface area contributed by atoms with Crippen LogP contribution in [0.3, 0.4) is 0 Å². The minimum Gasteiger partial charge on any atom is -0.317 e. The van der Waals surface area contributed by atoms with E-state index in [1.54, 1.807) is 0 Å². The summed E-state index contributed by atoms with van der Waals surface area (Å²) >= 11 is 0. The molecular formula is C12H19N3. The summed E-state index contributed by atoms with van der Waals surface area (Å²) < 4.78 is 0. The van der Waals surface area contributed by atoms with Crippen molar-refractivity contribution in [1.29, 1.82) is 0 Å². The molecule has 2 rings (SSSR count). The van der Waals surface area contributed by atoms with Gasteiger partial charge in [-0.15, -0.1) is 0 Å². The first-order chi connectivity index (χ1) is 7.36. The summed E-state index contributed by atoms with van der Waals surface area (Å²) in [6.07, 6.45) is 4.30. The van der Waals surface area contributed by atoms with Crippen LogP contribution in [0.5, 0.6) is 0 Å². The highest BCUT2D eigenvalue weighted by Crippen LogP contribution is 2.12. The Morgan fingerprint density at radius 3 is 2.87 bits per heavy atom. The summed E-state index contributed by atoms with van der Waals surface area (Å²) in [7, 11) is 0. The van der Waals surface area contributed by atoms with Gasteiger partial charge < -0.3 is 10.6 Å². The van der Waals surface area contributed by atoms with Crippen LogP contribution in [0.2, 0.25) is 0 Å². The number of hydrogen-bond acceptors (Lipinski definition) is 3. The van der Waals surface area contributed by atoms with Gasteiger partial charge in [-0.1, -0.05) is 6.07 Å². The van der Waals surface area contributed by atoms with E-state index in [2.05, 4.69) is 28.6 Å². The molecule has 1 aromatic heterocycles. The van der Waals surface area contributed by atoms with Crippen molar-refractivity contribution in [3.05, 3.63) is 30.1 Å². The normalized spacial score (nSPS) is 20.1. The zero-order chi connectivity index (χ0) is 10.5. The average Bonchev–Trinajstić information content (AvgIpc) is 2.31. The molecule has 3 nitrogen and oxygen atoms in total. The van der Waals surface area contributed by atoms with Crippen molar-refractivity contribution < 1.29 is 0 Å². The summed E-state index contributed by atoms with van der Waals surface area (Å²) in [5, 5.41) is 7.00. The molecule has 0 saturated carbocycles. The van der Waals surface area contributed by atoms with E-state index >= 15 is 0 Å². The molecule has 3 heteroatoms. The number of hydrogen-bond donors (Lipinski definition) is 2. The van der Waals surface area contributed by atoms with Gasteiger partial charge in [0.25, 0.3) is 0 Å². The number of nitrogens with one attached hydrogen (secondary N) is 2. The molecule has 0 spiro atoms. The molecule has 1 aliphatic heterocycles. The van der Waals surface area contributed by atoms with Gasteiger partial charge in [-0.25, -0.2) is 0 Å². The lowest BCUT2D eigenvalue weighted by molar-refractivity contribution is 0.356. The third-order valence-electron chi connectivity index (χ3n) is 2.96. The van der Waals surface area contributed by atoms with Gasteiger partial charge in [-0.05, 0) is 45.0 Å². The Morgan fingerprint density at radius 1 is 1.40 bits per heavy atom. The van der Waals surface area contributed by atoms with Crippen LogP contribution in [0.25, 0.3) is 0 Å². The van der Waals surface area contributed by atoms with Crippen molar-refractivity contribution in [3.8, 4) is 0 Å². The number of nitrogens with zero attached hydrogens (tertiary/aromatic N) is 1. The highest BCUT2D eigenvalue weighted by Gasteiger charge is 2.16. The Balaban J connectivity index is 1.88. The Bertz CT molecular complexity index is 280. The fraction of sp³-hybridized carbons (Fsp3) is 0.583. The van der Waals surface area contributed by atoms with Crippen molar-refractivity contribution in [1.82, 2.24) is 15.6 Å². The topological polar surface area (TPSA) is 37.0 Å². The highest BCUT2D eigenvalue weighted by atomic mass is 15.0. The number of piperidine rings is 1. The van der Waals surface area contributed by atoms with Crippen LogP contribution in [0.15, 0.2) is 24.4 Å². The first kappa shape index (κ1) is 10.6. The van der Waals surface area contributed by atoms with Crippen molar-refractivity contribution in [2.24, 2.45) is 0 Å². The predicted molar refractivity (Wildman–Crippen MR) is 61.7 cm³/mol. The van der Waals surface area contributed by atoms with Crippen molar-refractivity contribution in [3.63, 3.8) is 0 Å². The van der Waals surface area contributed by atoms with Crippen LogP contribution in [-0.2, 0) is 0 Å². The quantitative estimate of drug-likeness (QED) is 0.785. The lowest BCUT2D eigenvalue weighted by Gasteiger charge is -2.26. The second-order valence-corrected chi connectivity index (χ2v) is 4.17. The van der Waals surface area contributed by atoms with Gasteiger partial charge in [0.1, 0.15) is 0 Å². The van der Waals surface area contributed by atoms with Crippen LogP contribution >= 0.6 is 0 Å². The molecule has 0 aliphatic carbocycles. The zero-order valence-electron chi connectivity index (χ0n) is 9.24. The molecule has 0 radical (unpaired) electrons. The second kappa shape index (κ2) is 5.24. The Labute approximate surface area is 91.3 Å². The van der Waals surface area contributed by atoms with E-state index in [1.807, 2.05) is 18.3 Å². The van der Waals surface area contributed by atoms with Crippen LogP contribution in [0.4, 0.5) is 0 Å². The molecule has 1 saturated heterocycles. The summed E-state index contributed by atoms with van der Waals surface area (Å²) in [4.78, 5) is 4.37. The molecule has 2 N–H and O–H groups in total. The van der Waals surface area contributed by atoms with Crippen molar-refractivity contribution in [2.45, 2.75) is 31.8 Å². The maximum Gasteiger partial charge on any atom is 0.0570 e. The number of pyridine rings is 1. The van der Waals surface area contributed by atoms with E-state index in [0.717, 1.165) is 18.8 Å². The van der Waals surface area contributed by atoms with Gasteiger partial charge in [-0.3, -0.25) is 4.98 Å². The van der Waals surface area contributed by atoms with E-state index in [1.165, 1.54) is 12.8 Å². The molecule has 2 heterocycles. The largest absolute Gasteiger partial charge is 0.317 e. The summed E-state index contributed by atoms with van der Waals surface area (Å²) in [6.45, 7) is 4.45. The molecular weight excluding hydrogens is 186 g/mol. The molecule has 0 aromatic carbocycles. The monoisotopic (exact) mass is 205 g/mol. The Morgan fingerprint density at radius 2 is 2.20 bits per heavy atom. The van der Waals surface area contributed by atoms with Crippen LogP contribution in [-0.4, -0.2) is 24.1 Å². The first-order valence-corrected chi connectivity index (χ1v) is 5.74. The van der Waals surface area contributed by atoms with E-state index < -0.39 is 0 Å². The van der Waals surface area contributed by atoms with Crippen molar-refractivity contribution >= 4 is 0 Å². The highest BCUT2D eigenvalue weighted by molar-refractivity contribution is 5.07. The van der Waals surface area contributed by atoms with Crippen LogP contribution < -0.4 is 10.6 Å². The minimum atomic E-state index is 0.356. The van der Waals surface area contributed by atoms with E-state index in [4.69, 9.17) is 0 Å². The molecule has 82 valence electrons. The fourth-order valence-electron chi connectivity index (χ4n) is 2.06. The summed E-state index contributed by atoms with van der Waals surface area (Å²) in [5.74, 6) is 0. The van der Waals surface area contributed by atoms with Gasteiger partial charge in [0.15, 0.2) is 0 Å². The fourth-order valence-corrected chi connectivity index (χ4v) is 2.06. The van der Waals surface area contributed by atoms with Gasteiger partial charge >= 0.3 is 0 Å². The molecule has 1 fully saturated rings. The lowest BCUT2D eigenvalue weighted by Crippen LogP contribution is -2.41. The zero-order valence-corrected chi connectivity index (χ0v) is 9.24. The molecule has 1 atom stereocenters. The molecule has 1 aromatic rings. The SMILES string of the molecule is C[C@@H](NC1CCNCC1)c1ccccn1. The van der Waals surface area contributed by atoms with Gasteiger partial charge in [-0.2, -0.15) is 0 Å². The number of aromatic nitrogens is 1. The van der Waals surface area contributed by atoms with Crippen molar-refractivity contribution in [2.75, 3.05) is 13.1 Å². The maximum absolute atomic E-state index is 4.37. The molecule has 1 aliphatic rings. The van der Waals surface area contributed by atoms with E-state index in [-0.39, 0.29) is 0 Å². The smallest absolute Gasteiger partial charge is 0.0570 e. The third kappa shape index (κ3) is 3.01. The predicted octanol–water partition coefficient (Wildman–Crippen LogP) is 1.48. The van der Waals surface area contributed by atoms with Crippen LogP contribution in [0, 0.1) is 0 Å². The van der Waals surface area contributed by atoms with Gasteiger partial charge in [0, 0.05) is 18.3 Å². The van der Waals surface area contributed by atoms with Gasteiger partial charge in [0.05, 0.1) is 5.69 Å². The standard InChI is InChI=1S/C12H19N3/c1-10(12-4-2-3-7-14-12)15-11-5-8-13-9-6-11/h2-4,7,10-11,13,15H,5-6,8-9H2,1H3/t10-/m1/s1. The third-order valence-corrected chi connectivity index (χ3v) is 2.96. The molecule has 0 amide bonds. The Kier molecular flexibility index (Phi) is 3.69. The Hall–Kier alpha value is -0.930. The summed E-state index contributed by atoms with van der Waals surface area (Å²) in [5.41, 5.74) is 1.14. The maximum atomic E-state index is 4.37. The minimum absolute atomic E-state index is 0.356. The lowest BCUT2D eigenvalue weighted by atomic mass is 10.0.